The topological polar surface area (TPSA) is 86.8 Å². The number of hydrogen-bond acceptors (Lipinski definition) is 4. The van der Waals surface area contributed by atoms with Crippen LogP contribution >= 0.6 is 27.5 Å². The second kappa shape index (κ2) is 15.5. The lowest BCUT2D eigenvalue weighted by Gasteiger charge is -2.34. The van der Waals surface area contributed by atoms with Crippen LogP contribution in [0.5, 0.6) is 0 Å². The highest BCUT2D eigenvalue weighted by atomic mass is 79.9. The molecule has 0 saturated carbocycles. The number of amides is 2. The molecule has 0 aromatic heterocycles. The van der Waals surface area contributed by atoms with Crippen molar-refractivity contribution in [2.24, 2.45) is 5.92 Å². The van der Waals surface area contributed by atoms with E-state index < -0.39 is 34.3 Å². The second-order valence-electron chi connectivity index (χ2n) is 10.9. The fourth-order valence-corrected chi connectivity index (χ4v) is 6.52. The van der Waals surface area contributed by atoms with Gasteiger partial charge in [-0.25, -0.2) is 12.8 Å². The molecule has 0 heterocycles. The van der Waals surface area contributed by atoms with Gasteiger partial charge in [-0.2, -0.15) is 0 Å². The highest BCUT2D eigenvalue weighted by Crippen LogP contribution is 2.28. The molecule has 7 nitrogen and oxygen atoms in total. The Hall–Kier alpha value is -3.73. The summed E-state index contributed by atoms with van der Waals surface area (Å²) in [5.74, 6) is -1.55. The molecule has 4 aromatic rings. The molecule has 1 atom stereocenters. The number of halogens is 3. The number of nitrogens with zero attached hydrogens (tertiary/aromatic N) is 2. The summed E-state index contributed by atoms with van der Waals surface area (Å²) in [6.45, 7) is 3.70. The molecule has 0 radical (unpaired) electrons. The Balaban J connectivity index is 1.80. The fourth-order valence-electron chi connectivity index (χ4n) is 4.65. The molecule has 45 heavy (non-hydrogen) atoms. The van der Waals surface area contributed by atoms with Crippen molar-refractivity contribution < 1.29 is 22.4 Å². The summed E-state index contributed by atoms with van der Waals surface area (Å²) in [5, 5.41) is 2.66. The molecule has 0 aliphatic carbocycles. The van der Waals surface area contributed by atoms with Gasteiger partial charge < -0.3 is 10.2 Å². The largest absolute Gasteiger partial charge is 0.354 e. The van der Waals surface area contributed by atoms with Gasteiger partial charge in [0.05, 0.1) is 15.6 Å². The minimum absolute atomic E-state index is 0.00561. The number of carbonyl (C=O) groups excluding carboxylic acids is 2. The molecule has 0 saturated heterocycles. The third-order valence-electron chi connectivity index (χ3n) is 7.02. The van der Waals surface area contributed by atoms with E-state index in [4.69, 9.17) is 11.6 Å². The van der Waals surface area contributed by atoms with Gasteiger partial charge in [0.15, 0.2) is 0 Å². The van der Waals surface area contributed by atoms with Crippen molar-refractivity contribution in [1.82, 2.24) is 10.2 Å². The summed E-state index contributed by atoms with van der Waals surface area (Å²) < 4.78 is 43.9. The Labute approximate surface area is 277 Å². The van der Waals surface area contributed by atoms with E-state index >= 15 is 0 Å². The zero-order valence-corrected chi connectivity index (χ0v) is 28.0. The van der Waals surface area contributed by atoms with E-state index in [1.54, 1.807) is 18.2 Å². The molecular formula is C34H34BrClFN3O4S. The van der Waals surface area contributed by atoms with Crippen LogP contribution in [0.3, 0.4) is 0 Å². The van der Waals surface area contributed by atoms with Gasteiger partial charge in [0.25, 0.3) is 10.0 Å². The smallest absolute Gasteiger partial charge is 0.264 e. The van der Waals surface area contributed by atoms with E-state index in [1.165, 1.54) is 29.2 Å². The number of nitrogens with one attached hydrogen (secondary N) is 1. The number of hydrogen-bond donors (Lipinski definition) is 1. The predicted octanol–water partition coefficient (Wildman–Crippen LogP) is 6.85. The van der Waals surface area contributed by atoms with E-state index in [0.29, 0.717) is 6.54 Å². The van der Waals surface area contributed by atoms with Crippen molar-refractivity contribution in [2.75, 3.05) is 17.4 Å². The van der Waals surface area contributed by atoms with E-state index in [1.807, 2.05) is 68.4 Å². The SMILES string of the molecule is CC(C)CNC(=O)C(Cc1ccccc1)N(Cc1ccc(Br)cc1)C(=O)CN(c1ccc(F)c(Cl)c1)S(=O)(=O)c1ccccc1. The first kappa shape index (κ1) is 34.1. The zero-order valence-electron chi connectivity index (χ0n) is 24.9. The molecule has 1 N–H and O–H groups in total. The normalized spacial score (nSPS) is 12.0. The molecule has 0 aliphatic rings. The zero-order chi connectivity index (χ0) is 32.6. The molecule has 4 aromatic carbocycles. The van der Waals surface area contributed by atoms with Crippen LogP contribution in [-0.4, -0.2) is 44.3 Å². The third kappa shape index (κ3) is 9.15. The second-order valence-corrected chi connectivity index (χ2v) is 14.1. The third-order valence-corrected chi connectivity index (χ3v) is 9.63. The Morgan fingerprint density at radius 3 is 2.11 bits per heavy atom. The Kier molecular flexibility index (Phi) is 11.8. The molecular weight excluding hydrogens is 681 g/mol. The van der Waals surface area contributed by atoms with E-state index in [9.17, 15) is 22.4 Å². The van der Waals surface area contributed by atoms with Gasteiger partial charge >= 0.3 is 0 Å². The van der Waals surface area contributed by atoms with Gasteiger partial charge in [0.2, 0.25) is 11.8 Å². The van der Waals surface area contributed by atoms with E-state index in [2.05, 4.69) is 21.2 Å². The van der Waals surface area contributed by atoms with Crippen molar-refractivity contribution in [1.29, 1.82) is 0 Å². The molecule has 0 fully saturated rings. The lowest BCUT2D eigenvalue weighted by molar-refractivity contribution is -0.140. The number of rotatable bonds is 13. The Morgan fingerprint density at radius 1 is 0.889 bits per heavy atom. The highest BCUT2D eigenvalue weighted by Gasteiger charge is 2.34. The van der Waals surface area contributed by atoms with Crippen molar-refractivity contribution >= 4 is 55.1 Å². The molecule has 0 aliphatic heterocycles. The van der Waals surface area contributed by atoms with Crippen LogP contribution in [0.2, 0.25) is 5.02 Å². The van der Waals surface area contributed by atoms with Crippen LogP contribution in [0.25, 0.3) is 0 Å². The summed E-state index contributed by atoms with van der Waals surface area (Å²) in [7, 11) is -4.32. The number of benzene rings is 4. The summed E-state index contributed by atoms with van der Waals surface area (Å²) >= 11 is 9.50. The first-order valence-corrected chi connectivity index (χ1v) is 16.9. The van der Waals surface area contributed by atoms with E-state index in [0.717, 1.165) is 26.0 Å². The number of anilines is 1. The quantitative estimate of drug-likeness (QED) is 0.164. The minimum atomic E-state index is -4.32. The van der Waals surface area contributed by atoms with Crippen molar-refractivity contribution in [3.8, 4) is 0 Å². The lowest BCUT2D eigenvalue weighted by Crippen LogP contribution is -2.53. The maximum absolute atomic E-state index is 14.4. The van der Waals surface area contributed by atoms with Gasteiger partial charge in [-0.05, 0) is 59.5 Å². The van der Waals surface area contributed by atoms with Crippen LogP contribution in [0, 0.1) is 11.7 Å². The average molecular weight is 715 g/mol. The maximum Gasteiger partial charge on any atom is 0.264 e. The highest BCUT2D eigenvalue weighted by molar-refractivity contribution is 9.10. The predicted molar refractivity (Wildman–Crippen MR) is 179 cm³/mol. The van der Waals surface area contributed by atoms with Gasteiger partial charge in [-0.1, -0.05) is 102 Å². The van der Waals surface area contributed by atoms with Gasteiger partial charge in [-0.3, -0.25) is 13.9 Å². The molecule has 2 amide bonds. The van der Waals surface area contributed by atoms with Gasteiger partial charge in [-0.15, -0.1) is 0 Å². The maximum atomic E-state index is 14.4. The minimum Gasteiger partial charge on any atom is -0.354 e. The average Bonchev–Trinajstić information content (AvgIpc) is 3.03. The van der Waals surface area contributed by atoms with Crippen LogP contribution in [0.15, 0.2) is 112 Å². The monoisotopic (exact) mass is 713 g/mol. The first-order chi connectivity index (χ1) is 21.5. The van der Waals surface area contributed by atoms with Crippen molar-refractivity contribution in [2.45, 2.75) is 37.8 Å². The molecule has 11 heteroatoms. The van der Waals surface area contributed by atoms with Crippen LogP contribution in [0.4, 0.5) is 10.1 Å². The van der Waals surface area contributed by atoms with Crippen molar-refractivity contribution in [3.05, 3.63) is 130 Å². The standard InChI is InChI=1S/C34H34BrClFN3O4S/c1-24(2)21-38-34(42)32(19-25-9-5-3-6-10-25)39(22-26-13-15-27(35)16-14-26)33(41)23-40(28-17-18-31(37)30(36)20-28)45(43,44)29-11-7-4-8-12-29/h3-18,20,24,32H,19,21-23H2,1-2H3,(H,38,42). The van der Waals surface area contributed by atoms with Gasteiger partial charge in [0.1, 0.15) is 18.4 Å². The van der Waals surface area contributed by atoms with Crippen molar-refractivity contribution in [3.63, 3.8) is 0 Å². The summed E-state index contributed by atoms with van der Waals surface area (Å²) in [6, 6.07) is 26.8. The molecule has 1 unspecified atom stereocenters. The van der Waals surface area contributed by atoms with E-state index in [-0.39, 0.29) is 40.4 Å². The molecule has 0 spiro atoms. The molecule has 0 bridgehead atoms. The summed E-state index contributed by atoms with van der Waals surface area (Å²) in [6.07, 6.45) is 0.195. The summed E-state index contributed by atoms with van der Waals surface area (Å²) in [4.78, 5) is 29.6. The van der Waals surface area contributed by atoms with Crippen LogP contribution < -0.4 is 9.62 Å². The lowest BCUT2D eigenvalue weighted by atomic mass is 10.0. The molecule has 236 valence electrons. The van der Waals surface area contributed by atoms with Gasteiger partial charge in [0, 0.05) is 24.0 Å². The summed E-state index contributed by atoms with van der Waals surface area (Å²) in [5.41, 5.74) is 1.57. The number of carbonyl (C=O) groups is 2. The molecule has 4 rings (SSSR count). The number of sulfonamides is 1. The Bertz CT molecular complexity index is 1710. The van der Waals surface area contributed by atoms with Crippen LogP contribution in [0.1, 0.15) is 25.0 Å². The first-order valence-electron chi connectivity index (χ1n) is 14.3. The Morgan fingerprint density at radius 2 is 1.51 bits per heavy atom. The fraction of sp³-hybridized carbons (Fsp3) is 0.235. The van der Waals surface area contributed by atoms with Crippen LogP contribution in [-0.2, 0) is 32.6 Å².